The molecule has 1 saturated carbocycles. The highest BCUT2D eigenvalue weighted by atomic mass is 32.2. The predicted molar refractivity (Wildman–Crippen MR) is 133 cm³/mol. The monoisotopic (exact) mass is 455 g/mol. The number of amides is 1. The quantitative estimate of drug-likeness (QED) is 0.550. The van der Waals surface area contributed by atoms with Gasteiger partial charge in [0.1, 0.15) is 0 Å². The molecule has 1 N–H and O–H groups in total. The number of nitriles is 1. The molecule has 2 aliphatic rings. The highest BCUT2D eigenvalue weighted by molar-refractivity contribution is 8.02. The molecule has 2 aliphatic carbocycles. The van der Waals surface area contributed by atoms with Crippen LogP contribution in [0.15, 0.2) is 77.9 Å². The van der Waals surface area contributed by atoms with Crippen LogP contribution < -0.4 is 5.32 Å². The fourth-order valence-electron chi connectivity index (χ4n) is 4.30. The minimum absolute atomic E-state index is 0.0797. The lowest BCUT2D eigenvalue weighted by atomic mass is 10.00. The first kappa shape index (κ1) is 21.3. The van der Waals surface area contributed by atoms with Crippen LogP contribution in [0.5, 0.6) is 0 Å². The predicted octanol–water partition coefficient (Wildman–Crippen LogP) is 4.65. The first-order chi connectivity index (χ1) is 16.0. The molecular formula is C27H25N3O2S. The number of rotatable bonds is 6. The van der Waals surface area contributed by atoms with Crippen LogP contribution in [0.25, 0.3) is 10.9 Å². The Morgan fingerprint density at radius 3 is 2.61 bits per heavy atom. The number of nitrogens with one attached hydrogen (secondary N) is 1. The first-order valence-electron chi connectivity index (χ1n) is 11.1. The SMILES string of the molecule is C=S(=O)(C1=CCC(C(=O)NCc2ccc(C#N)cc2)C=C1)n1cc(C2CC2)c2ccccc21. The Morgan fingerprint density at radius 2 is 1.94 bits per heavy atom. The van der Waals surface area contributed by atoms with E-state index in [0.717, 1.165) is 16.5 Å². The number of benzene rings is 2. The second-order valence-corrected chi connectivity index (χ2v) is 10.8. The second-order valence-electron chi connectivity index (χ2n) is 8.68. The van der Waals surface area contributed by atoms with Crippen LogP contribution in [-0.4, -0.2) is 20.0 Å². The Bertz CT molecular complexity index is 1430. The third-order valence-electron chi connectivity index (χ3n) is 6.36. The van der Waals surface area contributed by atoms with Crippen molar-refractivity contribution in [2.24, 2.45) is 5.92 Å². The minimum Gasteiger partial charge on any atom is -0.352 e. The molecule has 2 atom stereocenters. The summed E-state index contributed by atoms with van der Waals surface area (Å²) in [6, 6.07) is 17.3. The van der Waals surface area contributed by atoms with E-state index in [1.807, 2.05) is 52.7 Å². The Morgan fingerprint density at radius 1 is 1.18 bits per heavy atom. The van der Waals surface area contributed by atoms with E-state index in [-0.39, 0.29) is 11.8 Å². The van der Waals surface area contributed by atoms with Crippen molar-refractivity contribution >= 4 is 32.4 Å². The molecule has 3 aromatic rings. The van der Waals surface area contributed by atoms with Gasteiger partial charge >= 0.3 is 0 Å². The summed E-state index contributed by atoms with van der Waals surface area (Å²) in [4.78, 5) is 13.3. The molecule has 1 amide bonds. The van der Waals surface area contributed by atoms with E-state index < -0.39 is 9.71 Å². The summed E-state index contributed by atoms with van der Waals surface area (Å²) < 4.78 is 15.7. The molecule has 0 bridgehead atoms. The number of carbonyl (C=O) groups excluding carboxylic acids is 1. The van der Waals surface area contributed by atoms with Crippen LogP contribution in [0, 0.1) is 17.2 Å². The molecule has 0 radical (unpaired) electrons. The fourth-order valence-corrected chi connectivity index (χ4v) is 5.94. The summed E-state index contributed by atoms with van der Waals surface area (Å²) in [6.45, 7) is 0.400. The van der Waals surface area contributed by atoms with Crippen molar-refractivity contribution in [2.75, 3.05) is 0 Å². The minimum atomic E-state index is -2.75. The molecule has 0 aliphatic heterocycles. The summed E-state index contributed by atoms with van der Waals surface area (Å²) in [7, 11) is -2.75. The molecule has 33 heavy (non-hydrogen) atoms. The number of carbonyl (C=O) groups is 1. The second kappa shape index (κ2) is 8.42. The van der Waals surface area contributed by atoms with Gasteiger partial charge in [0.25, 0.3) is 0 Å². The van der Waals surface area contributed by atoms with Gasteiger partial charge in [-0.3, -0.25) is 8.77 Å². The van der Waals surface area contributed by atoms with Crippen molar-refractivity contribution in [3.63, 3.8) is 0 Å². The number of fused-ring (bicyclic) bond motifs is 1. The van der Waals surface area contributed by atoms with Gasteiger partial charge in [0, 0.05) is 23.0 Å². The zero-order valence-electron chi connectivity index (χ0n) is 18.2. The molecule has 0 saturated heterocycles. The summed E-state index contributed by atoms with van der Waals surface area (Å²) in [6.07, 6.45) is 10.3. The third kappa shape index (κ3) is 4.12. The summed E-state index contributed by atoms with van der Waals surface area (Å²) in [5, 5.41) is 13.0. The van der Waals surface area contributed by atoms with E-state index >= 15 is 0 Å². The molecule has 1 aromatic heterocycles. The van der Waals surface area contributed by atoms with Gasteiger partial charge in [0.2, 0.25) is 5.91 Å². The summed E-state index contributed by atoms with van der Waals surface area (Å²) in [5.41, 5.74) is 3.72. The van der Waals surface area contributed by atoms with E-state index in [1.165, 1.54) is 18.4 Å². The number of allylic oxidation sites excluding steroid dienone is 2. The maximum atomic E-state index is 13.9. The van der Waals surface area contributed by atoms with Gasteiger partial charge in [0.15, 0.2) is 0 Å². The number of hydrogen-bond donors (Lipinski definition) is 1. The Hall–Kier alpha value is -3.56. The third-order valence-corrected chi connectivity index (χ3v) is 8.34. The Labute approximate surface area is 194 Å². The maximum Gasteiger partial charge on any atom is 0.227 e. The molecule has 1 heterocycles. The van der Waals surface area contributed by atoms with Crippen LogP contribution >= 0.6 is 0 Å². The molecule has 6 heteroatoms. The van der Waals surface area contributed by atoms with E-state index in [0.29, 0.717) is 29.4 Å². The molecule has 5 rings (SSSR count). The van der Waals surface area contributed by atoms with Crippen molar-refractivity contribution in [1.82, 2.24) is 9.29 Å². The molecule has 2 unspecified atom stereocenters. The van der Waals surface area contributed by atoms with Crippen LogP contribution in [-0.2, 0) is 21.0 Å². The van der Waals surface area contributed by atoms with Gasteiger partial charge in [-0.1, -0.05) is 42.5 Å². The maximum absolute atomic E-state index is 13.9. The molecule has 2 aromatic carbocycles. The highest BCUT2D eigenvalue weighted by Gasteiger charge is 2.29. The van der Waals surface area contributed by atoms with Crippen LogP contribution in [0.1, 0.15) is 41.9 Å². The van der Waals surface area contributed by atoms with Gasteiger partial charge in [0.05, 0.1) is 32.8 Å². The van der Waals surface area contributed by atoms with Crippen molar-refractivity contribution in [1.29, 1.82) is 5.26 Å². The lowest BCUT2D eigenvalue weighted by molar-refractivity contribution is -0.123. The molecule has 0 spiro atoms. The van der Waals surface area contributed by atoms with Crippen LogP contribution in [0.2, 0.25) is 0 Å². The Balaban J connectivity index is 1.30. The average molecular weight is 456 g/mol. The summed E-state index contributed by atoms with van der Waals surface area (Å²) in [5.74, 6) is 4.27. The average Bonchev–Trinajstić information content (AvgIpc) is 3.62. The molecule has 166 valence electrons. The van der Waals surface area contributed by atoms with Crippen molar-refractivity contribution < 1.29 is 9.00 Å². The van der Waals surface area contributed by atoms with Gasteiger partial charge < -0.3 is 5.32 Å². The number of hydrogen-bond acceptors (Lipinski definition) is 3. The zero-order chi connectivity index (χ0) is 23.0. The van der Waals surface area contributed by atoms with Crippen molar-refractivity contribution in [3.8, 4) is 6.07 Å². The largest absolute Gasteiger partial charge is 0.352 e. The van der Waals surface area contributed by atoms with Gasteiger partial charge in [-0.25, -0.2) is 4.21 Å². The number of aromatic nitrogens is 1. The molecular weight excluding hydrogens is 430 g/mol. The van der Waals surface area contributed by atoms with Crippen LogP contribution in [0.3, 0.4) is 0 Å². The molecule has 1 fully saturated rings. The summed E-state index contributed by atoms with van der Waals surface area (Å²) >= 11 is 0. The lowest BCUT2D eigenvalue weighted by Gasteiger charge is -2.20. The van der Waals surface area contributed by atoms with E-state index in [1.54, 1.807) is 18.2 Å². The number of nitrogens with zero attached hydrogens (tertiary/aromatic N) is 2. The Kier molecular flexibility index (Phi) is 5.43. The van der Waals surface area contributed by atoms with Gasteiger partial charge in [-0.05, 0) is 66.5 Å². The molecule has 5 nitrogen and oxygen atoms in total. The van der Waals surface area contributed by atoms with Gasteiger partial charge in [-0.15, -0.1) is 0 Å². The van der Waals surface area contributed by atoms with E-state index in [4.69, 9.17) is 5.26 Å². The van der Waals surface area contributed by atoms with Crippen molar-refractivity contribution in [2.45, 2.75) is 31.7 Å². The van der Waals surface area contributed by atoms with E-state index in [9.17, 15) is 9.00 Å². The zero-order valence-corrected chi connectivity index (χ0v) is 19.1. The lowest BCUT2D eigenvalue weighted by Crippen LogP contribution is -2.30. The van der Waals surface area contributed by atoms with Gasteiger partial charge in [-0.2, -0.15) is 5.26 Å². The number of para-hydroxylation sites is 1. The van der Waals surface area contributed by atoms with E-state index in [2.05, 4.69) is 23.3 Å². The standard InChI is InChI=1S/C27H25N3O2S/c1-33(32,30-18-25(21-10-11-21)24-4-2-3-5-26(24)30)23-14-12-22(13-15-23)27(31)29-17-20-8-6-19(16-28)7-9-20/h2-9,12,14-15,18,21-22H,1,10-11,13,17H2,(H,29,31). The highest BCUT2D eigenvalue weighted by Crippen LogP contribution is 2.44. The fraction of sp³-hybridized carbons (Fsp3) is 0.222. The van der Waals surface area contributed by atoms with Crippen LogP contribution in [0.4, 0.5) is 0 Å². The first-order valence-corrected chi connectivity index (χ1v) is 12.8. The van der Waals surface area contributed by atoms with Crippen molar-refractivity contribution in [3.05, 3.63) is 94.6 Å². The normalized spacial score (nSPS) is 19.5. The smallest absolute Gasteiger partial charge is 0.227 e. The topological polar surface area (TPSA) is 74.9 Å².